The van der Waals surface area contributed by atoms with Gasteiger partial charge in [0, 0.05) is 6.07 Å². The molecule has 0 fully saturated rings. The molecular weight excluding hydrogens is 403 g/mol. The molecule has 2 rings (SSSR count). The van der Waals surface area contributed by atoms with Crippen LogP contribution in [0.1, 0.15) is 24.2 Å². The monoisotopic (exact) mass is 419 g/mol. The summed E-state index contributed by atoms with van der Waals surface area (Å²) >= 11 is 0. The molecule has 0 aromatic heterocycles. The summed E-state index contributed by atoms with van der Waals surface area (Å²) in [6, 6.07) is 6.14. The van der Waals surface area contributed by atoms with Crippen LogP contribution in [-0.2, 0) is 4.79 Å². The van der Waals surface area contributed by atoms with E-state index in [1.54, 1.807) is 6.92 Å². The Morgan fingerprint density at radius 3 is 2.30 bits per heavy atom. The van der Waals surface area contributed by atoms with E-state index in [0.717, 1.165) is 31.2 Å². The summed E-state index contributed by atoms with van der Waals surface area (Å²) in [5, 5.41) is 22.3. The highest BCUT2D eigenvalue weighted by Crippen LogP contribution is 2.29. The maximum atomic E-state index is 14.5. The van der Waals surface area contributed by atoms with Gasteiger partial charge >= 0.3 is 0 Å². The lowest BCUT2D eigenvalue weighted by atomic mass is 10.1. The number of allylic oxidation sites excluding steroid dienone is 1. The van der Waals surface area contributed by atoms with Gasteiger partial charge in [-0.15, -0.1) is 0 Å². The van der Waals surface area contributed by atoms with Crippen LogP contribution in [0, 0.1) is 28.8 Å². The third kappa shape index (κ3) is 4.88. The molecule has 0 atom stereocenters. The number of aliphatic hydroxyl groups excluding tert-OH is 1. The van der Waals surface area contributed by atoms with Crippen molar-refractivity contribution < 1.29 is 32.6 Å². The number of ether oxygens (including phenoxy) is 1. The molecule has 0 saturated carbocycles. The minimum Gasteiger partial charge on any atom is -0.511 e. The molecule has 0 heterocycles. The summed E-state index contributed by atoms with van der Waals surface area (Å²) in [7, 11) is 0. The maximum Gasteiger partial charge on any atom is 0.269 e. The lowest BCUT2D eigenvalue weighted by Crippen LogP contribution is -2.19. The van der Waals surface area contributed by atoms with Crippen LogP contribution < -0.4 is 15.4 Å². The fourth-order valence-electron chi connectivity index (χ4n) is 2.38. The number of carbonyl (C=O) groups is 2. The van der Waals surface area contributed by atoms with E-state index in [1.807, 2.05) is 5.32 Å². The molecule has 0 unspecified atom stereocenters. The van der Waals surface area contributed by atoms with Crippen molar-refractivity contribution in [2.75, 3.05) is 17.2 Å². The standard InChI is InChI=1S/C20H16F3N3O4/c1-3-30-17-8-16(25-20(29)12(9-24)10(2)27)15(23)7-11(17)19(28)26-18-13(21)5-4-6-14(18)22/h4-8,27H,3H2,1-2H3,(H,25,29)(H,26,28)/b12-10-. The zero-order valence-corrected chi connectivity index (χ0v) is 15.8. The third-order valence-electron chi connectivity index (χ3n) is 3.76. The second-order valence-electron chi connectivity index (χ2n) is 5.84. The number of amides is 2. The van der Waals surface area contributed by atoms with Crippen molar-refractivity contribution in [2.45, 2.75) is 13.8 Å². The minimum absolute atomic E-state index is 0.0481. The summed E-state index contributed by atoms with van der Waals surface area (Å²) in [6.45, 7) is 2.73. The number of aliphatic hydroxyl groups is 1. The Labute approximate surface area is 169 Å². The fraction of sp³-hybridized carbons (Fsp3) is 0.150. The molecule has 0 bridgehead atoms. The molecule has 0 radical (unpaired) electrons. The van der Waals surface area contributed by atoms with Crippen LogP contribution >= 0.6 is 0 Å². The third-order valence-corrected chi connectivity index (χ3v) is 3.76. The first-order valence-corrected chi connectivity index (χ1v) is 8.52. The first-order chi connectivity index (χ1) is 14.2. The number of nitrogens with one attached hydrogen (secondary N) is 2. The number of rotatable bonds is 6. The van der Waals surface area contributed by atoms with E-state index in [2.05, 4.69) is 5.32 Å². The number of carbonyl (C=O) groups excluding carboxylic acids is 2. The number of hydrogen-bond acceptors (Lipinski definition) is 5. The van der Waals surface area contributed by atoms with E-state index in [-0.39, 0.29) is 17.9 Å². The zero-order valence-electron chi connectivity index (χ0n) is 15.8. The summed E-state index contributed by atoms with van der Waals surface area (Å²) in [5.74, 6) is -6.02. The van der Waals surface area contributed by atoms with Gasteiger partial charge in [-0.05, 0) is 32.0 Å². The average Bonchev–Trinajstić information content (AvgIpc) is 2.67. The molecule has 30 heavy (non-hydrogen) atoms. The Morgan fingerprint density at radius 1 is 1.13 bits per heavy atom. The largest absolute Gasteiger partial charge is 0.511 e. The Kier molecular flexibility index (Phi) is 7.03. The highest BCUT2D eigenvalue weighted by atomic mass is 19.1. The first-order valence-electron chi connectivity index (χ1n) is 8.52. The molecule has 0 aliphatic heterocycles. The van der Waals surface area contributed by atoms with Crippen LogP contribution in [0.5, 0.6) is 5.75 Å². The summed E-state index contributed by atoms with van der Waals surface area (Å²) in [6.07, 6.45) is 0. The van der Waals surface area contributed by atoms with E-state index < -0.39 is 52.0 Å². The SMILES string of the molecule is CCOc1cc(NC(=O)/C(C#N)=C(/C)O)c(F)cc1C(=O)Nc1c(F)cccc1F. The van der Waals surface area contributed by atoms with Crippen LogP contribution in [0.3, 0.4) is 0 Å². The van der Waals surface area contributed by atoms with E-state index in [0.29, 0.717) is 6.07 Å². The highest BCUT2D eigenvalue weighted by Gasteiger charge is 2.22. The fourth-order valence-corrected chi connectivity index (χ4v) is 2.38. The molecular formula is C20H16F3N3O4. The molecule has 156 valence electrons. The van der Waals surface area contributed by atoms with Crippen molar-refractivity contribution in [1.29, 1.82) is 5.26 Å². The molecule has 10 heteroatoms. The van der Waals surface area contributed by atoms with E-state index in [9.17, 15) is 27.9 Å². The predicted octanol–water partition coefficient (Wildman–Crippen LogP) is 4.05. The van der Waals surface area contributed by atoms with E-state index >= 15 is 0 Å². The molecule has 0 spiro atoms. The molecule has 0 aliphatic carbocycles. The Morgan fingerprint density at radius 2 is 1.77 bits per heavy atom. The summed E-state index contributed by atoms with van der Waals surface area (Å²) < 4.78 is 47.3. The van der Waals surface area contributed by atoms with Gasteiger partial charge in [-0.3, -0.25) is 9.59 Å². The van der Waals surface area contributed by atoms with Crippen LogP contribution in [0.25, 0.3) is 0 Å². The van der Waals surface area contributed by atoms with Gasteiger partial charge in [0.05, 0.1) is 17.9 Å². The van der Waals surface area contributed by atoms with E-state index in [4.69, 9.17) is 10.00 Å². The van der Waals surface area contributed by atoms with Gasteiger partial charge in [0.25, 0.3) is 11.8 Å². The van der Waals surface area contributed by atoms with Crippen LogP contribution in [0.15, 0.2) is 41.7 Å². The lowest BCUT2D eigenvalue weighted by molar-refractivity contribution is -0.112. The van der Waals surface area contributed by atoms with Crippen molar-refractivity contribution in [3.8, 4) is 11.8 Å². The number of nitriles is 1. The number of para-hydroxylation sites is 1. The number of nitrogens with zero attached hydrogens (tertiary/aromatic N) is 1. The van der Waals surface area contributed by atoms with Gasteiger partial charge in [0.15, 0.2) is 5.57 Å². The second kappa shape index (κ2) is 9.47. The van der Waals surface area contributed by atoms with Gasteiger partial charge in [-0.1, -0.05) is 6.07 Å². The smallest absolute Gasteiger partial charge is 0.269 e. The Bertz CT molecular complexity index is 1050. The summed E-state index contributed by atoms with van der Waals surface area (Å²) in [4.78, 5) is 24.5. The first kappa shape index (κ1) is 22.3. The number of hydrogen-bond donors (Lipinski definition) is 3. The molecule has 2 aromatic rings. The molecule has 2 aromatic carbocycles. The van der Waals surface area contributed by atoms with Crippen molar-refractivity contribution in [3.63, 3.8) is 0 Å². The number of anilines is 2. The lowest BCUT2D eigenvalue weighted by Gasteiger charge is -2.14. The van der Waals surface area contributed by atoms with Gasteiger partial charge < -0.3 is 20.5 Å². The van der Waals surface area contributed by atoms with Crippen molar-refractivity contribution >= 4 is 23.2 Å². The molecule has 7 nitrogen and oxygen atoms in total. The topological polar surface area (TPSA) is 111 Å². The zero-order chi connectivity index (χ0) is 22.4. The Hall–Kier alpha value is -4.00. The second-order valence-corrected chi connectivity index (χ2v) is 5.84. The van der Waals surface area contributed by atoms with Crippen LogP contribution in [0.4, 0.5) is 24.5 Å². The van der Waals surface area contributed by atoms with Crippen LogP contribution in [-0.4, -0.2) is 23.5 Å². The average molecular weight is 419 g/mol. The normalized spacial score (nSPS) is 11.2. The molecule has 3 N–H and O–H groups in total. The molecule has 0 saturated heterocycles. The molecule has 0 aliphatic rings. The number of benzene rings is 2. The Balaban J connectivity index is 2.41. The predicted molar refractivity (Wildman–Crippen MR) is 101 cm³/mol. The maximum absolute atomic E-state index is 14.5. The summed E-state index contributed by atoms with van der Waals surface area (Å²) in [5.41, 5.74) is -2.18. The van der Waals surface area contributed by atoms with Crippen LogP contribution in [0.2, 0.25) is 0 Å². The quantitative estimate of drug-likeness (QED) is 0.372. The van der Waals surface area contributed by atoms with Gasteiger partial charge in [-0.2, -0.15) is 5.26 Å². The van der Waals surface area contributed by atoms with Crippen molar-refractivity contribution in [1.82, 2.24) is 0 Å². The van der Waals surface area contributed by atoms with Crippen molar-refractivity contribution in [3.05, 3.63) is 64.7 Å². The van der Waals surface area contributed by atoms with Gasteiger partial charge in [0.2, 0.25) is 0 Å². The van der Waals surface area contributed by atoms with Gasteiger partial charge in [0.1, 0.15) is 40.7 Å². The van der Waals surface area contributed by atoms with Crippen molar-refractivity contribution in [2.24, 2.45) is 0 Å². The number of halogens is 3. The van der Waals surface area contributed by atoms with Gasteiger partial charge in [-0.25, -0.2) is 13.2 Å². The highest BCUT2D eigenvalue weighted by molar-refractivity contribution is 6.09. The van der Waals surface area contributed by atoms with E-state index in [1.165, 1.54) is 6.07 Å². The molecule has 2 amide bonds. The minimum atomic E-state index is -1.08.